The first-order valence-corrected chi connectivity index (χ1v) is 13.8. The topological polar surface area (TPSA) is 102 Å². The zero-order valence-corrected chi connectivity index (χ0v) is 22.9. The normalized spacial score (nSPS) is 16.8. The van der Waals surface area contributed by atoms with E-state index in [0.717, 1.165) is 41.2 Å². The lowest BCUT2D eigenvalue weighted by molar-refractivity contribution is -0.135. The van der Waals surface area contributed by atoms with Crippen LogP contribution in [-0.2, 0) is 22.7 Å². The first-order valence-electron chi connectivity index (χ1n) is 12.8. The Bertz CT molecular complexity index is 1540. The number of hydrogen-bond donors (Lipinski definition) is 2. The number of hydrogen-bond acceptors (Lipinski definition) is 9. The molecule has 8 nitrogen and oxygen atoms in total. The fourth-order valence-electron chi connectivity index (χ4n) is 4.69. The number of allylic oxidation sites excluding steroid dienone is 1. The summed E-state index contributed by atoms with van der Waals surface area (Å²) in [6, 6.07) is 11.5. The zero-order valence-electron chi connectivity index (χ0n) is 22.1. The van der Waals surface area contributed by atoms with Gasteiger partial charge in [-0.1, -0.05) is 24.3 Å². The minimum Gasteiger partial charge on any atom is -0.487 e. The second-order valence-electron chi connectivity index (χ2n) is 9.34. The molecule has 208 valence electrons. The summed E-state index contributed by atoms with van der Waals surface area (Å²) in [5, 5.41) is 7.60. The Morgan fingerprint density at radius 1 is 1.23 bits per heavy atom. The number of carbonyl (C=O) groups excluding carboxylic acids is 1. The number of ether oxygens (including phenoxy) is 2. The molecule has 0 fully saturated rings. The Balaban J connectivity index is 1.42. The molecule has 0 amide bonds. The van der Waals surface area contributed by atoms with Crippen molar-refractivity contribution in [3.05, 3.63) is 94.5 Å². The number of aromatic nitrogens is 1. The van der Waals surface area contributed by atoms with Crippen LogP contribution < -0.4 is 15.9 Å². The monoisotopic (exact) mass is 565 g/mol. The van der Waals surface area contributed by atoms with Crippen LogP contribution in [0.5, 0.6) is 5.75 Å². The molecule has 3 N–H and O–H groups in total. The van der Waals surface area contributed by atoms with Gasteiger partial charge in [0.05, 0.1) is 23.1 Å². The lowest BCUT2D eigenvalue weighted by Gasteiger charge is -2.29. The summed E-state index contributed by atoms with van der Waals surface area (Å²) >= 11 is 1.53. The summed E-state index contributed by atoms with van der Waals surface area (Å²) in [6.07, 6.45) is 4.20. The molecule has 3 heterocycles. The van der Waals surface area contributed by atoms with E-state index in [4.69, 9.17) is 15.3 Å². The van der Waals surface area contributed by atoms with E-state index in [1.54, 1.807) is 19.1 Å². The van der Waals surface area contributed by atoms with Crippen LogP contribution in [0.25, 0.3) is 10.9 Å². The molecule has 2 aliphatic heterocycles. The van der Waals surface area contributed by atoms with Gasteiger partial charge in [0, 0.05) is 42.9 Å². The van der Waals surface area contributed by atoms with Crippen molar-refractivity contribution >= 4 is 34.3 Å². The van der Waals surface area contributed by atoms with Crippen molar-refractivity contribution in [3.63, 3.8) is 0 Å². The summed E-state index contributed by atoms with van der Waals surface area (Å²) < 4.78 is 38.5. The quantitative estimate of drug-likeness (QED) is 0.177. The van der Waals surface area contributed by atoms with E-state index in [1.165, 1.54) is 11.8 Å². The van der Waals surface area contributed by atoms with Crippen molar-refractivity contribution in [2.75, 3.05) is 26.0 Å². The van der Waals surface area contributed by atoms with E-state index in [-0.39, 0.29) is 29.9 Å². The number of carbonyl (C=O) groups is 1. The molecule has 11 heteroatoms. The molecular formula is C29H29F2N5O3S. The standard InChI is InChI=1S/C29H29F2N5O3S/c1-3-38-29(37)26(35-32)16-40-27-21-5-4-10-36(2)28(21)33-14-18-7-9-20(12-22(18)27)39-15-19-8-6-17-11-23(30)24(31)13-25(17)34-19/h4-9,11-13,27,33H,3,10,14-16,32H2,1-2H3. The van der Waals surface area contributed by atoms with Crippen LogP contribution in [0.2, 0.25) is 0 Å². The van der Waals surface area contributed by atoms with Gasteiger partial charge in [0.25, 0.3) is 0 Å². The molecule has 1 aromatic heterocycles. The number of nitrogens with zero attached hydrogens (tertiary/aromatic N) is 3. The second kappa shape index (κ2) is 12.0. The van der Waals surface area contributed by atoms with Crippen molar-refractivity contribution in [2.45, 2.75) is 25.3 Å². The largest absolute Gasteiger partial charge is 0.487 e. The van der Waals surface area contributed by atoms with Gasteiger partial charge in [-0.3, -0.25) is 0 Å². The Hall–Kier alpha value is -4.12. The first kappa shape index (κ1) is 27.4. The molecule has 2 aromatic carbocycles. The number of esters is 1. The number of thioether (sulfide) groups is 1. The highest BCUT2D eigenvalue weighted by molar-refractivity contribution is 8.00. The van der Waals surface area contributed by atoms with Crippen LogP contribution in [0.3, 0.4) is 0 Å². The molecule has 3 aromatic rings. The molecule has 40 heavy (non-hydrogen) atoms. The SMILES string of the molecule is CCOC(=O)C(CSC1C2=C(NCc3ccc(OCc4ccc5cc(F)c(F)cc5n4)cc31)N(C)CC=C2)=NN. The molecule has 1 atom stereocenters. The summed E-state index contributed by atoms with van der Waals surface area (Å²) in [5.41, 5.74) is 4.29. The van der Waals surface area contributed by atoms with Crippen LogP contribution in [0.1, 0.15) is 29.0 Å². The second-order valence-corrected chi connectivity index (χ2v) is 10.4. The number of nitrogens with one attached hydrogen (secondary N) is 1. The van der Waals surface area contributed by atoms with Crippen molar-refractivity contribution in [1.29, 1.82) is 0 Å². The Morgan fingerprint density at radius 2 is 2.05 bits per heavy atom. The average molecular weight is 566 g/mol. The molecule has 2 aliphatic rings. The van der Waals surface area contributed by atoms with E-state index < -0.39 is 17.6 Å². The number of nitrogens with two attached hydrogens (primary N) is 1. The van der Waals surface area contributed by atoms with Gasteiger partial charge in [-0.2, -0.15) is 5.10 Å². The fraction of sp³-hybridized carbons (Fsp3) is 0.276. The Labute approximate surface area is 234 Å². The molecule has 0 spiro atoms. The van der Waals surface area contributed by atoms with E-state index in [0.29, 0.717) is 28.9 Å². The maximum atomic E-state index is 13.7. The molecular weight excluding hydrogens is 536 g/mol. The summed E-state index contributed by atoms with van der Waals surface area (Å²) in [6.45, 7) is 3.52. The van der Waals surface area contributed by atoms with Gasteiger partial charge in [-0.25, -0.2) is 18.6 Å². The molecule has 0 saturated heterocycles. The minimum absolute atomic E-state index is 0.146. The zero-order chi connectivity index (χ0) is 28.2. The molecule has 0 bridgehead atoms. The van der Waals surface area contributed by atoms with Crippen LogP contribution in [0, 0.1) is 11.6 Å². The maximum absolute atomic E-state index is 13.7. The summed E-state index contributed by atoms with van der Waals surface area (Å²) in [7, 11) is 2.03. The van der Waals surface area contributed by atoms with Crippen LogP contribution >= 0.6 is 11.8 Å². The third kappa shape index (κ3) is 5.74. The van der Waals surface area contributed by atoms with Gasteiger partial charge in [0.15, 0.2) is 17.3 Å². The fourth-order valence-corrected chi connectivity index (χ4v) is 5.98. The molecule has 5 rings (SSSR count). The third-order valence-electron chi connectivity index (χ3n) is 6.69. The predicted octanol–water partition coefficient (Wildman–Crippen LogP) is 4.56. The van der Waals surface area contributed by atoms with Crippen molar-refractivity contribution in [3.8, 4) is 5.75 Å². The Kier molecular flexibility index (Phi) is 8.20. The number of hydrazone groups is 1. The predicted molar refractivity (Wildman–Crippen MR) is 152 cm³/mol. The van der Waals surface area contributed by atoms with Gasteiger partial charge in [-0.15, -0.1) is 11.8 Å². The number of likely N-dealkylation sites (N-methyl/N-ethyl adjacent to an activating group) is 1. The highest BCUT2D eigenvalue weighted by Crippen LogP contribution is 2.43. The number of rotatable bonds is 8. The van der Waals surface area contributed by atoms with Crippen LogP contribution in [0.15, 0.2) is 71.1 Å². The lowest BCUT2D eigenvalue weighted by atomic mass is 9.98. The smallest absolute Gasteiger partial charge is 0.355 e. The molecule has 1 unspecified atom stereocenters. The van der Waals surface area contributed by atoms with Gasteiger partial charge in [-0.05, 0) is 42.3 Å². The van der Waals surface area contributed by atoms with Crippen molar-refractivity contribution in [1.82, 2.24) is 15.2 Å². The molecule has 0 saturated carbocycles. The number of benzene rings is 2. The van der Waals surface area contributed by atoms with Crippen LogP contribution in [0.4, 0.5) is 8.78 Å². The molecule has 0 aliphatic carbocycles. The van der Waals surface area contributed by atoms with Crippen LogP contribution in [-0.4, -0.2) is 47.5 Å². The van der Waals surface area contributed by atoms with E-state index >= 15 is 0 Å². The Morgan fingerprint density at radius 3 is 2.85 bits per heavy atom. The van der Waals surface area contributed by atoms with E-state index in [2.05, 4.69) is 32.5 Å². The molecule has 0 radical (unpaired) electrons. The average Bonchev–Trinajstić information content (AvgIpc) is 3.10. The van der Waals surface area contributed by atoms with Gasteiger partial charge < -0.3 is 25.5 Å². The third-order valence-corrected chi connectivity index (χ3v) is 7.97. The van der Waals surface area contributed by atoms with E-state index in [9.17, 15) is 13.6 Å². The maximum Gasteiger partial charge on any atom is 0.355 e. The number of fused-ring (bicyclic) bond motifs is 2. The first-order chi connectivity index (χ1) is 19.4. The highest BCUT2D eigenvalue weighted by atomic mass is 32.2. The lowest BCUT2D eigenvalue weighted by Crippen LogP contribution is -2.31. The number of pyridine rings is 1. The minimum atomic E-state index is -0.942. The highest BCUT2D eigenvalue weighted by Gasteiger charge is 2.30. The van der Waals surface area contributed by atoms with Gasteiger partial charge >= 0.3 is 5.97 Å². The van der Waals surface area contributed by atoms with Gasteiger partial charge in [0.2, 0.25) is 0 Å². The van der Waals surface area contributed by atoms with Crippen molar-refractivity contribution < 1.29 is 23.0 Å². The van der Waals surface area contributed by atoms with Crippen molar-refractivity contribution in [2.24, 2.45) is 10.9 Å². The summed E-state index contributed by atoms with van der Waals surface area (Å²) in [4.78, 5) is 18.9. The number of halogens is 2. The van der Waals surface area contributed by atoms with Gasteiger partial charge in [0.1, 0.15) is 18.2 Å². The summed E-state index contributed by atoms with van der Waals surface area (Å²) in [5.74, 6) is 5.06. The van der Waals surface area contributed by atoms with E-state index in [1.807, 2.05) is 25.2 Å².